The van der Waals surface area contributed by atoms with Crippen LogP contribution in [0.1, 0.15) is 78.4 Å². The lowest BCUT2D eigenvalue weighted by atomic mass is 10.1. The van der Waals surface area contributed by atoms with E-state index in [0.29, 0.717) is 0 Å². The molecule has 0 saturated carbocycles. The van der Waals surface area contributed by atoms with Crippen molar-refractivity contribution in [3.63, 3.8) is 0 Å². The molecular formula is C23H43NS. The van der Waals surface area contributed by atoms with Crippen LogP contribution in [0, 0.1) is 5.92 Å². The Morgan fingerprint density at radius 1 is 0.920 bits per heavy atom. The second kappa shape index (κ2) is 17.0. The molecule has 1 aliphatic heterocycles. The molecule has 1 aromatic carbocycles. The summed E-state index contributed by atoms with van der Waals surface area (Å²) in [5.41, 5.74) is 2.95. The maximum Gasteiger partial charge on any atom is 0.0233 e. The number of rotatable bonds is 7. The summed E-state index contributed by atoms with van der Waals surface area (Å²) >= 11 is 2.09. The minimum atomic E-state index is 0.921. The smallest absolute Gasteiger partial charge is 0.0233 e. The largest absolute Gasteiger partial charge is 0.299 e. The molecule has 0 spiro atoms. The van der Waals surface area contributed by atoms with Crippen LogP contribution in [0.25, 0.3) is 0 Å². The number of nitrogens with zero attached hydrogens (tertiary/aromatic N) is 1. The Labute approximate surface area is 163 Å². The number of hydrogen-bond donors (Lipinski definition) is 0. The van der Waals surface area contributed by atoms with Gasteiger partial charge in [-0.05, 0) is 47.9 Å². The molecule has 0 bridgehead atoms. The molecule has 1 fully saturated rings. The van der Waals surface area contributed by atoms with Gasteiger partial charge >= 0.3 is 0 Å². The van der Waals surface area contributed by atoms with Crippen molar-refractivity contribution < 1.29 is 0 Å². The molecule has 0 amide bonds. The second-order valence-corrected chi connectivity index (χ2v) is 8.35. The first-order chi connectivity index (χ1) is 12.1. The van der Waals surface area contributed by atoms with Gasteiger partial charge in [0, 0.05) is 13.1 Å². The average Bonchev–Trinajstić information content (AvgIpc) is 3.04. The van der Waals surface area contributed by atoms with Crippen molar-refractivity contribution in [1.82, 2.24) is 4.90 Å². The molecule has 1 unspecified atom stereocenters. The molecule has 1 nitrogen and oxygen atoms in total. The lowest BCUT2D eigenvalue weighted by molar-refractivity contribution is 0.321. The summed E-state index contributed by atoms with van der Waals surface area (Å²) in [5, 5.41) is 0. The van der Waals surface area contributed by atoms with Crippen LogP contribution < -0.4 is 0 Å². The molecule has 1 heterocycles. The molecule has 0 aromatic heterocycles. The average molecular weight is 366 g/mol. The highest BCUT2D eigenvalue weighted by molar-refractivity contribution is 7.99. The van der Waals surface area contributed by atoms with Gasteiger partial charge < -0.3 is 0 Å². The van der Waals surface area contributed by atoms with Gasteiger partial charge in [-0.15, -0.1) is 0 Å². The van der Waals surface area contributed by atoms with Gasteiger partial charge in [0.05, 0.1) is 0 Å². The van der Waals surface area contributed by atoms with E-state index < -0.39 is 0 Å². The Hall–Kier alpha value is -0.470. The Balaban J connectivity index is 0.000000844. The van der Waals surface area contributed by atoms with Crippen LogP contribution in [-0.2, 0) is 13.0 Å². The number of thioether (sulfide) groups is 1. The van der Waals surface area contributed by atoms with E-state index in [4.69, 9.17) is 0 Å². The molecule has 1 saturated heterocycles. The van der Waals surface area contributed by atoms with E-state index in [9.17, 15) is 0 Å². The summed E-state index contributed by atoms with van der Waals surface area (Å²) in [7, 11) is 0. The monoisotopic (exact) mass is 365 g/mol. The predicted octanol–water partition coefficient (Wildman–Crippen LogP) is 7.05. The number of likely N-dealkylation sites (tertiary alicyclic amines) is 1. The Bertz CT molecular complexity index is 386. The van der Waals surface area contributed by atoms with Crippen molar-refractivity contribution in [3.05, 3.63) is 35.4 Å². The third-order valence-corrected chi connectivity index (χ3v) is 5.01. The highest BCUT2D eigenvalue weighted by Gasteiger charge is 2.21. The zero-order valence-electron chi connectivity index (χ0n) is 17.8. The molecule has 0 radical (unpaired) electrons. The maximum absolute atomic E-state index is 2.62. The standard InChI is InChI=1S/C17H27NS.2C3H8/c1-3-5-15-6-8-16(9-7-15)12-18-11-10-17(13-18)14-19-4-2;2*1-3-2/h6-9,17H,3-5,10-14H2,1-2H3;2*3H2,1-2H3. The van der Waals surface area contributed by atoms with Gasteiger partial charge in [0.2, 0.25) is 0 Å². The van der Waals surface area contributed by atoms with Gasteiger partial charge in [-0.25, -0.2) is 0 Å². The zero-order chi connectivity index (χ0) is 18.9. The quantitative estimate of drug-likeness (QED) is 0.509. The van der Waals surface area contributed by atoms with Crippen molar-refractivity contribution in [2.75, 3.05) is 24.6 Å². The minimum absolute atomic E-state index is 0.921. The molecule has 0 aliphatic carbocycles. The lowest BCUT2D eigenvalue weighted by Gasteiger charge is -2.16. The van der Waals surface area contributed by atoms with E-state index in [1.165, 1.54) is 67.8 Å². The summed E-state index contributed by atoms with van der Waals surface area (Å²) in [6, 6.07) is 9.25. The van der Waals surface area contributed by atoms with Crippen molar-refractivity contribution in [2.24, 2.45) is 5.92 Å². The molecule has 2 heteroatoms. The number of hydrogen-bond acceptors (Lipinski definition) is 2. The van der Waals surface area contributed by atoms with Crippen molar-refractivity contribution in [1.29, 1.82) is 0 Å². The van der Waals surface area contributed by atoms with E-state index in [-0.39, 0.29) is 0 Å². The molecule has 146 valence electrons. The minimum Gasteiger partial charge on any atom is -0.299 e. The van der Waals surface area contributed by atoms with Crippen molar-refractivity contribution >= 4 is 11.8 Å². The fourth-order valence-electron chi connectivity index (χ4n) is 2.84. The van der Waals surface area contributed by atoms with Gasteiger partial charge in [-0.2, -0.15) is 11.8 Å². The van der Waals surface area contributed by atoms with E-state index >= 15 is 0 Å². The molecule has 1 atom stereocenters. The van der Waals surface area contributed by atoms with E-state index in [1.54, 1.807) is 0 Å². The van der Waals surface area contributed by atoms with Crippen LogP contribution in [0.3, 0.4) is 0 Å². The topological polar surface area (TPSA) is 3.24 Å². The normalized spacial score (nSPS) is 16.6. The van der Waals surface area contributed by atoms with Crippen LogP contribution in [-0.4, -0.2) is 29.5 Å². The summed E-state index contributed by atoms with van der Waals surface area (Å²) in [6.45, 7) is 16.7. The molecular weight excluding hydrogens is 322 g/mol. The van der Waals surface area contributed by atoms with E-state index in [2.05, 4.69) is 82.5 Å². The lowest BCUT2D eigenvalue weighted by Crippen LogP contribution is -2.20. The van der Waals surface area contributed by atoms with Crippen molar-refractivity contribution in [2.45, 2.75) is 80.2 Å². The second-order valence-electron chi connectivity index (χ2n) is 7.03. The Morgan fingerprint density at radius 3 is 2.00 bits per heavy atom. The number of aryl methyl sites for hydroxylation is 1. The third-order valence-electron chi connectivity index (χ3n) is 3.90. The van der Waals surface area contributed by atoms with Crippen LogP contribution >= 0.6 is 11.8 Å². The zero-order valence-corrected chi connectivity index (χ0v) is 18.6. The fourth-order valence-corrected chi connectivity index (χ4v) is 3.68. The highest BCUT2D eigenvalue weighted by Crippen LogP contribution is 2.22. The first-order valence-electron chi connectivity index (χ1n) is 10.5. The van der Waals surface area contributed by atoms with E-state index in [0.717, 1.165) is 12.5 Å². The Kier molecular flexibility index (Phi) is 16.7. The van der Waals surface area contributed by atoms with Crippen molar-refractivity contribution in [3.8, 4) is 0 Å². The molecule has 25 heavy (non-hydrogen) atoms. The van der Waals surface area contributed by atoms with Gasteiger partial charge in [0.15, 0.2) is 0 Å². The molecule has 0 N–H and O–H groups in total. The highest BCUT2D eigenvalue weighted by atomic mass is 32.2. The van der Waals surface area contributed by atoms with Gasteiger partial charge in [0.25, 0.3) is 0 Å². The van der Waals surface area contributed by atoms with Gasteiger partial charge in [-0.1, -0.05) is 85.1 Å². The van der Waals surface area contributed by atoms with Crippen LogP contribution in [0.4, 0.5) is 0 Å². The van der Waals surface area contributed by atoms with Gasteiger partial charge in [-0.3, -0.25) is 4.90 Å². The first kappa shape index (κ1) is 24.5. The predicted molar refractivity (Wildman–Crippen MR) is 119 cm³/mol. The van der Waals surface area contributed by atoms with Crippen LogP contribution in [0.15, 0.2) is 24.3 Å². The molecule has 1 aromatic rings. The third kappa shape index (κ3) is 12.5. The summed E-state index contributed by atoms with van der Waals surface area (Å²) in [4.78, 5) is 2.62. The molecule has 2 rings (SSSR count). The summed E-state index contributed by atoms with van der Waals surface area (Å²) in [5.74, 6) is 3.53. The summed E-state index contributed by atoms with van der Waals surface area (Å²) < 4.78 is 0. The maximum atomic E-state index is 2.62. The molecule has 1 aliphatic rings. The van der Waals surface area contributed by atoms with Gasteiger partial charge in [0.1, 0.15) is 0 Å². The van der Waals surface area contributed by atoms with E-state index in [1.807, 2.05) is 0 Å². The fraction of sp³-hybridized carbons (Fsp3) is 0.739. The number of benzene rings is 1. The first-order valence-corrected chi connectivity index (χ1v) is 11.7. The van der Waals surface area contributed by atoms with Crippen LogP contribution in [0.5, 0.6) is 0 Å². The Morgan fingerprint density at radius 2 is 1.48 bits per heavy atom. The summed E-state index contributed by atoms with van der Waals surface area (Å²) in [6.07, 6.45) is 6.34. The van der Waals surface area contributed by atoms with Crippen LogP contribution in [0.2, 0.25) is 0 Å². The SMILES string of the molecule is CCC.CCC.CCCc1ccc(CN2CCC(CSCC)C2)cc1.